The molecule has 3 aromatic heterocycles. The number of para-hydroxylation sites is 6. The average Bonchev–Trinajstić information content (AvgIpc) is 2.55. The number of hydrogen-bond donors (Lipinski definition) is 0. The van der Waals surface area contributed by atoms with Gasteiger partial charge in [-0.05, 0) is 145 Å². The lowest BCUT2D eigenvalue weighted by Gasteiger charge is -2.17. The minimum Gasteiger partial charge on any atom is -0.309 e. The van der Waals surface area contributed by atoms with E-state index in [-0.39, 0.29) is 0 Å². The van der Waals surface area contributed by atoms with Crippen LogP contribution in [0.15, 0.2) is 291 Å². The first-order valence-corrected chi connectivity index (χ1v) is 28.4. The molecule has 0 fully saturated rings. The largest absolute Gasteiger partial charge is 0.309 e. The van der Waals surface area contributed by atoms with Crippen molar-refractivity contribution in [1.82, 2.24) is 13.7 Å². The summed E-state index contributed by atoms with van der Waals surface area (Å²) in [5, 5.41) is 14.9. The molecule has 0 radical (unpaired) electrons. The van der Waals surface area contributed by atoms with E-state index in [0.717, 1.165) is 17.1 Å². The van der Waals surface area contributed by atoms with Crippen molar-refractivity contribution in [1.29, 1.82) is 0 Å². The Kier molecular flexibility index (Phi) is 10.2. The van der Waals surface area contributed by atoms with Gasteiger partial charge in [-0.15, -0.1) is 0 Å². The Morgan fingerprint density at radius 2 is 0.659 bits per heavy atom. The third kappa shape index (κ3) is 6.90. The van der Waals surface area contributed by atoms with Crippen LogP contribution in [0.3, 0.4) is 0 Å². The fourth-order valence-electron chi connectivity index (χ4n) is 14.0. The van der Waals surface area contributed by atoms with Crippen molar-refractivity contribution in [3.8, 4) is 61.6 Å². The van der Waals surface area contributed by atoms with Gasteiger partial charge in [-0.25, -0.2) is 0 Å². The Balaban J connectivity index is 0.864. The quantitative estimate of drug-likeness (QED) is 0.141. The predicted octanol–water partition coefficient (Wildman–Crippen LogP) is 21.4. The fraction of sp³-hybridized carbons (Fsp3) is 0.0127. The third-order valence-corrected chi connectivity index (χ3v) is 17.5. The maximum absolute atomic E-state index is 2.57. The fourth-order valence-corrected chi connectivity index (χ4v) is 14.0. The van der Waals surface area contributed by atoms with E-state index in [9.17, 15) is 0 Å². The van der Waals surface area contributed by atoms with Crippen LogP contribution in [0.1, 0.15) is 5.56 Å². The molecule has 0 amide bonds. The van der Waals surface area contributed by atoms with Crippen molar-refractivity contribution in [2.45, 2.75) is 6.92 Å². The van der Waals surface area contributed by atoms with Crippen LogP contribution < -0.4 is 0 Å². The Hall–Kier alpha value is -10.7. The van der Waals surface area contributed by atoms with Crippen molar-refractivity contribution >= 4 is 97.7 Å². The molecular weight excluding hydrogens is 991 g/mol. The van der Waals surface area contributed by atoms with E-state index in [1.165, 1.54) is 148 Å². The van der Waals surface area contributed by atoms with Gasteiger partial charge in [-0.2, -0.15) is 0 Å². The summed E-state index contributed by atoms with van der Waals surface area (Å²) in [5.74, 6) is 0. The Bertz CT molecular complexity index is 5430. The summed E-state index contributed by atoms with van der Waals surface area (Å²) in [4.78, 5) is 0. The number of hydrogen-bond acceptors (Lipinski definition) is 0. The molecule has 0 aliphatic rings. The average molecular weight is 1040 g/mol. The van der Waals surface area contributed by atoms with Crippen LogP contribution in [0.5, 0.6) is 0 Å². The van der Waals surface area contributed by atoms with Crippen LogP contribution in [0.4, 0.5) is 0 Å². The van der Waals surface area contributed by atoms with Crippen LogP contribution in [-0.2, 0) is 0 Å². The molecule has 17 rings (SSSR count). The van der Waals surface area contributed by atoms with Gasteiger partial charge in [0.25, 0.3) is 0 Å². The molecule has 0 saturated carbocycles. The first kappa shape index (κ1) is 46.2. The van der Waals surface area contributed by atoms with Crippen molar-refractivity contribution in [2.75, 3.05) is 0 Å². The van der Waals surface area contributed by atoms with E-state index < -0.39 is 0 Å². The summed E-state index contributed by atoms with van der Waals surface area (Å²) in [6, 6.07) is 108. The summed E-state index contributed by atoms with van der Waals surface area (Å²) < 4.78 is 7.53. The molecule has 14 aromatic carbocycles. The third-order valence-electron chi connectivity index (χ3n) is 17.5. The minimum absolute atomic E-state index is 1.14. The molecule has 0 spiro atoms. The summed E-state index contributed by atoms with van der Waals surface area (Å²) in [6.45, 7) is 2.31. The summed E-state index contributed by atoms with van der Waals surface area (Å²) in [6.07, 6.45) is 0. The molecule has 0 atom stereocenters. The summed E-state index contributed by atoms with van der Waals surface area (Å²) >= 11 is 0. The predicted molar refractivity (Wildman–Crippen MR) is 348 cm³/mol. The molecule has 0 aliphatic carbocycles. The van der Waals surface area contributed by atoms with Gasteiger partial charge in [-0.3, -0.25) is 0 Å². The van der Waals surface area contributed by atoms with Gasteiger partial charge in [0.2, 0.25) is 0 Å². The number of fused-ring (bicyclic) bond motifs is 15. The SMILES string of the molecule is Cc1cc(-c2ccc3c4ccc(-n5c6ccccc6c6cccc(-c7cccc(-c8ccccc8)c7)c65)cc4c4ccccc4c3c2)cc2c3cccc(-c4ccccc4)c3n(-c3cccc4c5ccccc5n(-c5ccccc5)c34)c12. The maximum atomic E-state index is 2.57. The van der Waals surface area contributed by atoms with Crippen LogP contribution in [0.2, 0.25) is 0 Å². The van der Waals surface area contributed by atoms with E-state index in [4.69, 9.17) is 0 Å². The Labute approximate surface area is 474 Å². The van der Waals surface area contributed by atoms with Gasteiger partial charge >= 0.3 is 0 Å². The summed E-state index contributed by atoms with van der Waals surface area (Å²) in [5.41, 5.74) is 21.4. The molecule has 382 valence electrons. The lowest BCUT2D eigenvalue weighted by atomic mass is 9.91. The number of aryl methyl sites for hydroxylation is 1. The summed E-state index contributed by atoms with van der Waals surface area (Å²) in [7, 11) is 0. The van der Waals surface area contributed by atoms with Crippen LogP contribution in [0.25, 0.3) is 159 Å². The van der Waals surface area contributed by atoms with E-state index >= 15 is 0 Å². The zero-order valence-corrected chi connectivity index (χ0v) is 45.1. The Morgan fingerprint density at radius 1 is 0.207 bits per heavy atom. The highest BCUT2D eigenvalue weighted by Crippen LogP contribution is 2.47. The molecule has 3 heteroatoms. The monoisotopic (exact) mass is 1040 g/mol. The minimum atomic E-state index is 1.14. The molecule has 0 saturated heterocycles. The highest BCUT2D eigenvalue weighted by Gasteiger charge is 2.25. The second-order valence-electron chi connectivity index (χ2n) is 22.0. The molecule has 0 unspecified atom stereocenters. The zero-order valence-electron chi connectivity index (χ0n) is 45.1. The van der Waals surface area contributed by atoms with E-state index in [2.05, 4.69) is 312 Å². The standard InChI is InChI=1S/C79H51N3/c1-50-45-56(48-72-69-36-18-33-59(52-23-7-3-8-24-52)78(69)82(76(50)72)75-40-20-37-68-66-32-14-15-38-73(66)80(79(68)75)57-27-9-4-10-28-57)54-41-43-63-64-44-42-58(49-71(64)62-30-12-11-29-61(62)70(63)47-54)81-74-39-16-13-31-65(74)67-35-19-34-60(77(67)81)55-26-17-25-53(46-55)51-21-5-2-6-22-51/h2-49H,1H3. The van der Waals surface area contributed by atoms with Crippen LogP contribution in [0, 0.1) is 6.92 Å². The van der Waals surface area contributed by atoms with E-state index in [1.807, 2.05) is 0 Å². The van der Waals surface area contributed by atoms with Gasteiger partial charge in [0.1, 0.15) is 0 Å². The first-order valence-electron chi connectivity index (χ1n) is 28.4. The lowest BCUT2D eigenvalue weighted by Crippen LogP contribution is -2.02. The highest BCUT2D eigenvalue weighted by molar-refractivity contribution is 6.27. The van der Waals surface area contributed by atoms with Crippen molar-refractivity contribution in [3.05, 3.63) is 297 Å². The number of aromatic nitrogens is 3. The van der Waals surface area contributed by atoms with Crippen molar-refractivity contribution < 1.29 is 0 Å². The van der Waals surface area contributed by atoms with E-state index in [0.29, 0.717) is 0 Å². The molecule has 0 bridgehead atoms. The van der Waals surface area contributed by atoms with Gasteiger partial charge < -0.3 is 13.7 Å². The van der Waals surface area contributed by atoms with Gasteiger partial charge in [0, 0.05) is 54.8 Å². The zero-order chi connectivity index (χ0) is 54.0. The number of rotatable bonds is 7. The van der Waals surface area contributed by atoms with Gasteiger partial charge in [-0.1, -0.05) is 224 Å². The molecule has 17 aromatic rings. The highest BCUT2D eigenvalue weighted by atomic mass is 15.1. The molecule has 3 heterocycles. The molecule has 3 nitrogen and oxygen atoms in total. The molecule has 82 heavy (non-hydrogen) atoms. The molecule has 0 aliphatic heterocycles. The first-order chi connectivity index (χ1) is 40.6. The molecular formula is C79H51N3. The van der Waals surface area contributed by atoms with Crippen molar-refractivity contribution in [3.63, 3.8) is 0 Å². The molecule has 0 N–H and O–H groups in total. The Morgan fingerprint density at radius 3 is 1.35 bits per heavy atom. The normalized spacial score (nSPS) is 12.0. The topological polar surface area (TPSA) is 14.8 Å². The van der Waals surface area contributed by atoms with Gasteiger partial charge in [0.15, 0.2) is 0 Å². The number of benzene rings is 14. The smallest absolute Gasteiger partial charge is 0.0782 e. The van der Waals surface area contributed by atoms with Crippen LogP contribution >= 0.6 is 0 Å². The maximum Gasteiger partial charge on any atom is 0.0782 e. The lowest BCUT2D eigenvalue weighted by molar-refractivity contribution is 1.13. The van der Waals surface area contributed by atoms with Gasteiger partial charge in [0.05, 0.1) is 38.8 Å². The van der Waals surface area contributed by atoms with E-state index in [1.54, 1.807) is 0 Å². The second kappa shape index (κ2) is 18.2. The second-order valence-corrected chi connectivity index (χ2v) is 22.0. The number of nitrogens with zero attached hydrogens (tertiary/aromatic N) is 3. The van der Waals surface area contributed by atoms with Crippen LogP contribution in [-0.4, -0.2) is 13.7 Å². The van der Waals surface area contributed by atoms with Crippen molar-refractivity contribution in [2.24, 2.45) is 0 Å².